The zero-order valence-corrected chi connectivity index (χ0v) is 7.23. The largest absolute Gasteiger partial charge is 0.300 e. The fraction of sp³-hybridized carbons (Fsp3) is 0.889. The molecule has 0 aliphatic heterocycles. The van der Waals surface area contributed by atoms with E-state index >= 15 is 0 Å². The average Bonchev–Trinajstić information content (AvgIpc) is 1.82. The SMILES string of the molecule is BC12CCCC(CC(=O)C1)C2. The topological polar surface area (TPSA) is 17.1 Å². The van der Waals surface area contributed by atoms with Crippen molar-refractivity contribution in [2.24, 2.45) is 5.92 Å². The van der Waals surface area contributed by atoms with Gasteiger partial charge in [0.15, 0.2) is 0 Å². The molecule has 2 saturated carbocycles. The predicted octanol–water partition coefficient (Wildman–Crippen LogP) is 1.33. The number of carbonyl (C=O) groups is 1. The fourth-order valence-electron chi connectivity index (χ4n) is 2.92. The summed E-state index contributed by atoms with van der Waals surface area (Å²) >= 11 is 0. The number of carbonyl (C=O) groups excluding carboxylic acids is 1. The van der Waals surface area contributed by atoms with Crippen LogP contribution in [0.5, 0.6) is 0 Å². The van der Waals surface area contributed by atoms with E-state index in [-0.39, 0.29) is 0 Å². The molecule has 11 heavy (non-hydrogen) atoms. The molecule has 0 heterocycles. The second-order valence-electron chi connectivity index (χ2n) is 4.69. The zero-order chi connectivity index (χ0) is 7.90. The lowest BCUT2D eigenvalue weighted by Gasteiger charge is -2.42. The molecule has 0 radical (unpaired) electrons. The highest BCUT2D eigenvalue weighted by Crippen LogP contribution is 2.50. The van der Waals surface area contributed by atoms with Crippen LogP contribution in [0.4, 0.5) is 0 Å². The number of hydrogen-bond donors (Lipinski definition) is 0. The van der Waals surface area contributed by atoms with Crippen molar-refractivity contribution in [3.05, 3.63) is 0 Å². The third-order valence-electron chi connectivity index (χ3n) is 3.31. The first-order valence-corrected chi connectivity index (χ1v) is 4.70. The Hall–Kier alpha value is -0.265. The van der Waals surface area contributed by atoms with Gasteiger partial charge in [-0.25, -0.2) is 0 Å². The van der Waals surface area contributed by atoms with Crippen LogP contribution in [0.15, 0.2) is 0 Å². The molecule has 0 N–H and O–H groups in total. The first-order valence-electron chi connectivity index (χ1n) is 4.70. The van der Waals surface area contributed by atoms with Gasteiger partial charge < -0.3 is 0 Å². The number of fused-ring (bicyclic) bond motifs is 2. The quantitative estimate of drug-likeness (QED) is 0.476. The molecule has 0 saturated heterocycles. The summed E-state index contributed by atoms with van der Waals surface area (Å²) in [5.41, 5.74) is 0. The van der Waals surface area contributed by atoms with Gasteiger partial charge in [-0.05, 0) is 5.92 Å². The van der Waals surface area contributed by atoms with Crippen LogP contribution in [0.3, 0.4) is 0 Å². The lowest BCUT2D eigenvalue weighted by Crippen LogP contribution is -2.32. The van der Waals surface area contributed by atoms with E-state index in [0.717, 1.165) is 18.8 Å². The van der Waals surface area contributed by atoms with Crippen molar-refractivity contribution in [2.75, 3.05) is 0 Å². The first kappa shape index (κ1) is 7.39. The van der Waals surface area contributed by atoms with Gasteiger partial charge in [-0.15, -0.1) is 0 Å². The normalized spacial score (nSPS) is 44.0. The first-order chi connectivity index (χ1) is 5.18. The molecule has 2 heteroatoms. The van der Waals surface area contributed by atoms with Crippen molar-refractivity contribution in [1.82, 2.24) is 0 Å². The van der Waals surface area contributed by atoms with Crippen LogP contribution in [-0.4, -0.2) is 13.6 Å². The Labute approximate surface area is 69.0 Å². The molecular weight excluding hydrogens is 135 g/mol. The second-order valence-corrected chi connectivity index (χ2v) is 4.69. The van der Waals surface area contributed by atoms with Gasteiger partial charge in [0.2, 0.25) is 0 Å². The standard InChI is InChI=1S/C9H15BO/c10-9-3-1-2-7(5-9)4-8(11)6-9/h7H,1-6,10H2. The monoisotopic (exact) mass is 150 g/mol. The van der Waals surface area contributed by atoms with Gasteiger partial charge in [-0.3, -0.25) is 4.79 Å². The van der Waals surface area contributed by atoms with Crippen molar-refractivity contribution >= 4 is 13.6 Å². The molecule has 2 atom stereocenters. The van der Waals surface area contributed by atoms with Crippen LogP contribution < -0.4 is 0 Å². The lowest BCUT2D eigenvalue weighted by molar-refractivity contribution is -0.123. The molecule has 60 valence electrons. The molecule has 2 unspecified atom stereocenters. The molecule has 1 nitrogen and oxygen atoms in total. The van der Waals surface area contributed by atoms with Crippen molar-refractivity contribution < 1.29 is 4.79 Å². The third-order valence-corrected chi connectivity index (χ3v) is 3.31. The van der Waals surface area contributed by atoms with E-state index in [1.807, 2.05) is 0 Å². The van der Waals surface area contributed by atoms with Crippen molar-refractivity contribution in [3.8, 4) is 0 Å². The van der Waals surface area contributed by atoms with Gasteiger partial charge in [-0.1, -0.05) is 31.0 Å². The summed E-state index contributed by atoms with van der Waals surface area (Å²) in [6, 6.07) is 0. The maximum atomic E-state index is 11.3. The average molecular weight is 150 g/mol. The molecule has 0 aromatic rings. The van der Waals surface area contributed by atoms with Gasteiger partial charge in [0.05, 0.1) is 0 Å². The number of ketones is 1. The smallest absolute Gasteiger partial charge is 0.133 e. The maximum absolute atomic E-state index is 11.3. The van der Waals surface area contributed by atoms with E-state index in [4.69, 9.17) is 0 Å². The highest BCUT2D eigenvalue weighted by Gasteiger charge is 2.38. The lowest BCUT2D eigenvalue weighted by atomic mass is 9.52. The van der Waals surface area contributed by atoms with E-state index in [2.05, 4.69) is 7.85 Å². The Morgan fingerprint density at radius 1 is 1.55 bits per heavy atom. The maximum Gasteiger partial charge on any atom is 0.133 e. The minimum atomic E-state index is 0.401. The number of rotatable bonds is 0. The van der Waals surface area contributed by atoms with Gasteiger partial charge >= 0.3 is 0 Å². The molecule has 0 aromatic heterocycles. The van der Waals surface area contributed by atoms with Crippen LogP contribution >= 0.6 is 0 Å². The Bertz CT molecular complexity index is 190. The number of Topliss-reactive ketones (excluding diaryl/α,β-unsaturated/α-hetero) is 1. The minimum absolute atomic E-state index is 0.401. The van der Waals surface area contributed by atoms with Crippen molar-refractivity contribution in [2.45, 2.75) is 43.8 Å². The van der Waals surface area contributed by atoms with Gasteiger partial charge in [0.1, 0.15) is 13.6 Å². The van der Waals surface area contributed by atoms with E-state index in [1.165, 1.54) is 25.7 Å². The highest BCUT2D eigenvalue weighted by molar-refractivity contribution is 6.17. The van der Waals surface area contributed by atoms with Crippen molar-refractivity contribution in [1.29, 1.82) is 0 Å². The fourth-order valence-corrected chi connectivity index (χ4v) is 2.92. The molecule has 0 aromatic carbocycles. The molecule has 2 aliphatic rings. The molecular formula is C9H15BO. The Kier molecular flexibility index (Phi) is 1.59. The van der Waals surface area contributed by atoms with Crippen molar-refractivity contribution in [3.63, 3.8) is 0 Å². The summed E-state index contributed by atoms with van der Waals surface area (Å²) in [6.45, 7) is 0. The molecule has 2 fully saturated rings. The van der Waals surface area contributed by atoms with E-state index in [1.54, 1.807) is 0 Å². The highest BCUT2D eigenvalue weighted by atomic mass is 16.1. The van der Waals surface area contributed by atoms with E-state index < -0.39 is 0 Å². The number of hydrogen-bond acceptors (Lipinski definition) is 1. The Balaban J connectivity index is 2.15. The van der Waals surface area contributed by atoms with Gasteiger partial charge in [0, 0.05) is 12.8 Å². The molecule has 2 rings (SSSR count). The summed E-state index contributed by atoms with van der Waals surface area (Å²) in [4.78, 5) is 11.3. The molecule has 2 bridgehead atoms. The van der Waals surface area contributed by atoms with E-state index in [0.29, 0.717) is 11.1 Å². The summed E-state index contributed by atoms with van der Waals surface area (Å²) in [5.74, 6) is 1.26. The van der Waals surface area contributed by atoms with Crippen LogP contribution in [0.25, 0.3) is 0 Å². The van der Waals surface area contributed by atoms with Crippen LogP contribution in [0.1, 0.15) is 38.5 Å². The van der Waals surface area contributed by atoms with Crippen LogP contribution in [0.2, 0.25) is 5.31 Å². The molecule has 0 spiro atoms. The van der Waals surface area contributed by atoms with Crippen LogP contribution in [0, 0.1) is 5.92 Å². The summed E-state index contributed by atoms with van der Waals surface area (Å²) < 4.78 is 0. The van der Waals surface area contributed by atoms with Gasteiger partial charge in [-0.2, -0.15) is 0 Å². The summed E-state index contributed by atoms with van der Waals surface area (Å²) in [6.07, 6.45) is 7.02. The Morgan fingerprint density at radius 2 is 2.36 bits per heavy atom. The summed E-state index contributed by atoms with van der Waals surface area (Å²) in [7, 11) is 2.29. The third kappa shape index (κ3) is 1.35. The van der Waals surface area contributed by atoms with Crippen LogP contribution in [-0.2, 0) is 4.79 Å². The predicted molar refractivity (Wildman–Crippen MR) is 47.4 cm³/mol. The van der Waals surface area contributed by atoms with Gasteiger partial charge in [0.25, 0.3) is 0 Å². The second kappa shape index (κ2) is 2.36. The molecule has 2 aliphatic carbocycles. The summed E-state index contributed by atoms with van der Waals surface area (Å²) in [5, 5.41) is 0.401. The zero-order valence-electron chi connectivity index (χ0n) is 7.23. The Morgan fingerprint density at radius 3 is 3.09 bits per heavy atom. The molecule has 0 amide bonds. The minimum Gasteiger partial charge on any atom is -0.300 e. The van der Waals surface area contributed by atoms with E-state index in [9.17, 15) is 4.79 Å².